The Kier molecular flexibility index (Phi) is 2.80. The van der Waals surface area contributed by atoms with E-state index in [1.165, 1.54) is 4.42 Å². The minimum Gasteiger partial charge on any atom is -0.246 e. The van der Waals surface area contributed by atoms with Gasteiger partial charge in [-0.05, 0) is 12.1 Å². The zero-order valence-corrected chi connectivity index (χ0v) is 9.74. The van der Waals surface area contributed by atoms with Gasteiger partial charge in [-0.3, -0.25) is 0 Å². The Labute approximate surface area is 101 Å². The smallest absolute Gasteiger partial charge is 0.153 e. The summed E-state index contributed by atoms with van der Waals surface area (Å²) >= 11 is 23.4. The lowest BCUT2D eigenvalue weighted by atomic mass is 10.2. The van der Waals surface area contributed by atoms with Gasteiger partial charge >= 0.3 is 0 Å². The molecule has 0 radical (unpaired) electrons. The van der Waals surface area contributed by atoms with Gasteiger partial charge in [0, 0.05) is 17.3 Å². The second-order valence-corrected chi connectivity index (χ2v) is 4.29. The highest BCUT2D eigenvalue weighted by Crippen LogP contribution is 2.34. The molecular formula is C8H4Cl4N2. The Hall–Kier alpha value is -0.150. The highest BCUT2D eigenvalue weighted by Gasteiger charge is 2.21. The van der Waals surface area contributed by atoms with Crippen LogP contribution in [0.2, 0.25) is 10.2 Å². The average Bonchev–Trinajstić information content (AvgIpc) is 2.15. The molecule has 0 aromatic carbocycles. The maximum absolute atomic E-state index is 5.91. The highest BCUT2D eigenvalue weighted by atomic mass is 35.5. The van der Waals surface area contributed by atoms with Crippen LogP contribution in [0.25, 0.3) is 6.08 Å². The lowest BCUT2D eigenvalue weighted by Gasteiger charge is -2.23. The van der Waals surface area contributed by atoms with Gasteiger partial charge in [0.1, 0.15) is 10.7 Å². The molecule has 0 fully saturated rings. The summed E-state index contributed by atoms with van der Waals surface area (Å²) in [6, 6.07) is 1.70. The van der Waals surface area contributed by atoms with Crippen LogP contribution in [-0.4, -0.2) is 10.5 Å². The lowest BCUT2D eigenvalue weighted by Crippen LogP contribution is -2.23. The number of halogens is 4. The molecule has 0 amide bonds. The Morgan fingerprint density at radius 2 is 2.07 bits per heavy atom. The fourth-order valence-electron chi connectivity index (χ4n) is 1.14. The predicted octanol–water partition coefficient (Wildman–Crippen LogP) is 3.94. The predicted molar refractivity (Wildman–Crippen MR) is 61.3 cm³/mol. The van der Waals surface area contributed by atoms with Gasteiger partial charge in [-0.2, -0.15) is 0 Å². The van der Waals surface area contributed by atoms with Gasteiger partial charge in [-0.25, -0.2) is 9.40 Å². The monoisotopic (exact) mass is 268 g/mol. The third-order valence-corrected chi connectivity index (χ3v) is 3.28. The van der Waals surface area contributed by atoms with E-state index in [4.69, 9.17) is 46.6 Å². The molecule has 0 aliphatic carbocycles. The van der Waals surface area contributed by atoms with Crippen LogP contribution in [-0.2, 0) is 0 Å². The van der Waals surface area contributed by atoms with Crippen LogP contribution in [0, 0.1) is 0 Å². The number of alkyl halides is 1. The highest BCUT2D eigenvalue weighted by molar-refractivity contribution is 6.41. The molecule has 0 saturated carbocycles. The molecule has 1 atom stereocenters. The summed E-state index contributed by atoms with van der Waals surface area (Å²) in [6.07, 6.45) is 3.55. The van der Waals surface area contributed by atoms with E-state index in [9.17, 15) is 0 Å². The van der Waals surface area contributed by atoms with Gasteiger partial charge in [0.25, 0.3) is 0 Å². The van der Waals surface area contributed by atoms with Crippen LogP contribution in [0.15, 0.2) is 12.1 Å². The molecule has 1 unspecified atom stereocenters. The van der Waals surface area contributed by atoms with Gasteiger partial charge in [-0.15, -0.1) is 0 Å². The van der Waals surface area contributed by atoms with Gasteiger partial charge < -0.3 is 0 Å². The Balaban J connectivity index is 2.58. The van der Waals surface area contributed by atoms with Crippen LogP contribution in [0.4, 0.5) is 5.82 Å². The molecule has 2 nitrogen and oxygen atoms in total. The fourth-order valence-corrected chi connectivity index (χ4v) is 1.80. The molecule has 74 valence electrons. The normalized spacial score (nSPS) is 19.7. The first-order chi connectivity index (χ1) is 6.59. The second-order valence-electron chi connectivity index (χ2n) is 2.72. The Morgan fingerprint density at radius 1 is 1.36 bits per heavy atom. The SMILES string of the molecule is Clc1cc2c(nc1Cl)N(Cl)C(Cl)C=C2. The summed E-state index contributed by atoms with van der Waals surface area (Å²) in [5.74, 6) is 0.517. The van der Waals surface area contributed by atoms with Gasteiger partial charge in [-0.1, -0.05) is 40.9 Å². The van der Waals surface area contributed by atoms with Gasteiger partial charge in [0.05, 0.1) is 5.02 Å². The maximum atomic E-state index is 5.91. The molecule has 14 heavy (non-hydrogen) atoms. The summed E-state index contributed by atoms with van der Waals surface area (Å²) in [7, 11) is 0. The molecule has 0 bridgehead atoms. The number of anilines is 1. The average molecular weight is 270 g/mol. The van der Waals surface area contributed by atoms with E-state index in [1.807, 2.05) is 0 Å². The number of hydrogen-bond donors (Lipinski definition) is 0. The largest absolute Gasteiger partial charge is 0.246 e. The van der Waals surface area contributed by atoms with E-state index in [1.54, 1.807) is 18.2 Å². The van der Waals surface area contributed by atoms with E-state index < -0.39 is 5.50 Å². The van der Waals surface area contributed by atoms with E-state index in [0.717, 1.165) is 5.56 Å². The van der Waals surface area contributed by atoms with Crippen molar-refractivity contribution >= 4 is 58.5 Å². The maximum Gasteiger partial charge on any atom is 0.153 e. The summed E-state index contributed by atoms with van der Waals surface area (Å²) in [6.45, 7) is 0. The molecule has 6 heteroatoms. The van der Waals surface area contributed by atoms with Crippen LogP contribution in [0.3, 0.4) is 0 Å². The third kappa shape index (κ3) is 1.68. The van der Waals surface area contributed by atoms with Crippen molar-refractivity contribution in [1.82, 2.24) is 4.98 Å². The Bertz CT molecular complexity index is 405. The number of rotatable bonds is 0. The van der Waals surface area contributed by atoms with Gasteiger partial charge in [0.2, 0.25) is 0 Å². The van der Waals surface area contributed by atoms with Crippen molar-refractivity contribution in [2.75, 3.05) is 4.42 Å². The first-order valence-corrected chi connectivity index (χ1v) is 5.26. The van der Waals surface area contributed by atoms with E-state index >= 15 is 0 Å². The number of pyridine rings is 1. The molecule has 1 aromatic rings. The first-order valence-electron chi connectivity index (χ1n) is 3.73. The van der Waals surface area contributed by atoms with Crippen molar-refractivity contribution in [3.8, 4) is 0 Å². The molecule has 2 rings (SSSR count). The first kappa shape index (κ1) is 10.4. The zero-order valence-electron chi connectivity index (χ0n) is 6.72. The zero-order chi connectivity index (χ0) is 10.3. The summed E-state index contributed by atoms with van der Waals surface area (Å²) in [5.41, 5.74) is 0.375. The van der Waals surface area contributed by atoms with Crippen molar-refractivity contribution in [3.63, 3.8) is 0 Å². The summed E-state index contributed by atoms with van der Waals surface area (Å²) in [4.78, 5) is 4.04. The Morgan fingerprint density at radius 3 is 2.79 bits per heavy atom. The number of nitrogens with zero attached hydrogens (tertiary/aromatic N) is 2. The molecule has 0 spiro atoms. The van der Waals surface area contributed by atoms with Crippen molar-refractivity contribution in [2.45, 2.75) is 5.50 Å². The number of aromatic nitrogens is 1. The molecular weight excluding hydrogens is 266 g/mol. The quantitative estimate of drug-likeness (QED) is 0.307. The summed E-state index contributed by atoms with van der Waals surface area (Å²) in [5, 5.41) is 0.614. The van der Waals surface area contributed by atoms with Crippen LogP contribution in [0.5, 0.6) is 0 Å². The van der Waals surface area contributed by atoms with Crippen LogP contribution in [0.1, 0.15) is 5.56 Å². The molecule has 1 aromatic heterocycles. The summed E-state index contributed by atoms with van der Waals surface area (Å²) < 4.78 is 1.30. The molecule has 1 aliphatic rings. The number of hydrogen-bond acceptors (Lipinski definition) is 2. The van der Waals surface area contributed by atoms with Gasteiger partial charge in [0.15, 0.2) is 5.82 Å². The fraction of sp³-hybridized carbons (Fsp3) is 0.125. The lowest BCUT2D eigenvalue weighted by molar-refractivity contribution is 1.05. The van der Waals surface area contributed by atoms with E-state index in [-0.39, 0.29) is 5.15 Å². The minimum absolute atomic E-state index is 0.218. The van der Waals surface area contributed by atoms with Crippen molar-refractivity contribution < 1.29 is 0 Å². The van der Waals surface area contributed by atoms with E-state index in [0.29, 0.717) is 10.8 Å². The number of fused-ring (bicyclic) bond motifs is 1. The molecule has 2 heterocycles. The topological polar surface area (TPSA) is 16.1 Å². The standard InChI is InChI=1S/C8H4Cl4N2/c9-5-3-4-1-2-6(10)14(12)8(4)13-7(5)11/h1-3,6H. The van der Waals surface area contributed by atoms with Crippen LogP contribution >= 0.6 is 46.6 Å². The van der Waals surface area contributed by atoms with Crippen molar-refractivity contribution in [2.24, 2.45) is 0 Å². The molecule has 0 N–H and O–H groups in total. The van der Waals surface area contributed by atoms with Crippen LogP contribution < -0.4 is 4.42 Å². The third-order valence-electron chi connectivity index (χ3n) is 1.80. The van der Waals surface area contributed by atoms with Crippen molar-refractivity contribution in [3.05, 3.63) is 27.9 Å². The molecule has 1 aliphatic heterocycles. The van der Waals surface area contributed by atoms with E-state index in [2.05, 4.69) is 4.98 Å². The molecule has 0 saturated heterocycles. The minimum atomic E-state index is -0.422. The second kappa shape index (κ2) is 3.78. The van der Waals surface area contributed by atoms with Crippen molar-refractivity contribution in [1.29, 1.82) is 0 Å².